The highest BCUT2D eigenvalue weighted by atomic mass is 14.8. The molecule has 0 radical (unpaired) electrons. The molecule has 0 aliphatic heterocycles. The zero-order valence-corrected chi connectivity index (χ0v) is 6.70. The summed E-state index contributed by atoms with van der Waals surface area (Å²) in [4.78, 5) is 0. The predicted octanol–water partition coefficient (Wildman–Crippen LogP) is 1.91. The molecule has 1 nitrogen and oxygen atoms in total. The van der Waals surface area contributed by atoms with Crippen LogP contribution in [0.5, 0.6) is 0 Å². The van der Waals surface area contributed by atoms with Crippen molar-refractivity contribution in [1.82, 2.24) is 0 Å². The minimum Gasteiger partial charge on any atom is -0.325 e. The second-order valence-corrected chi connectivity index (χ2v) is 4.60. The summed E-state index contributed by atoms with van der Waals surface area (Å²) < 4.78 is 0. The minimum absolute atomic E-state index is 0.234. The molecule has 0 saturated heterocycles. The van der Waals surface area contributed by atoms with Gasteiger partial charge in [-0.15, -0.1) is 0 Å². The van der Waals surface area contributed by atoms with E-state index in [0.29, 0.717) is 5.41 Å². The third-order valence-corrected chi connectivity index (χ3v) is 1.77. The van der Waals surface area contributed by atoms with E-state index in [4.69, 9.17) is 5.73 Å². The number of hydrogen-bond acceptors (Lipinski definition) is 1. The molecule has 1 aliphatic carbocycles. The topological polar surface area (TPSA) is 26.0 Å². The molecule has 0 amide bonds. The van der Waals surface area contributed by atoms with Gasteiger partial charge in [0.15, 0.2) is 0 Å². The van der Waals surface area contributed by atoms with Crippen LogP contribution in [0.4, 0.5) is 0 Å². The fraction of sp³-hybridized carbons (Fsp3) is 1.00. The van der Waals surface area contributed by atoms with Crippen molar-refractivity contribution < 1.29 is 0 Å². The summed E-state index contributed by atoms with van der Waals surface area (Å²) in [6.07, 6.45) is 3.66. The van der Waals surface area contributed by atoms with Gasteiger partial charge in [0.1, 0.15) is 0 Å². The van der Waals surface area contributed by atoms with E-state index in [9.17, 15) is 0 Å². The van der Waals surface area contributed by atoms with Gasteiger partial charge >= 0.3 is 0 Å². The Balaban J connectivity index is 2.33. The summed E-state index contributed by atoms with van der Waals surface area (Å²) >= 11 is 0. The smallest absolute Gasteiger partial charge is 0.0160 e. The maximum atomic E-state index is 5.93. The van der Waals surface area contributed by atoms with Crippen LogP contribution in [0, 0.1) is 5.41 Å². The van der Waals surface area contributed by atoms with Crippen LogP contribution in [0.2, 0.25) is 0 Å². The molecular weight excluding hydrogens is 110 g/mol. The van der Waals surface area contributed by atoms with Crippen molar-refractivity contribution in [1.29, 1.82) is 0 Å². The van der Waals surface area contributed by atoms with Crippen molar-refractivity contribution in [2.24, 2.45) is 11.1 Å². The summed E-state index contributed by atoms with van der Waals surface area (Å²) in [7, 11) is 0. The highest BCUT2D eigenvalue weighted by Gasteiger charge is 2.40. The SMILES string of the molecule is CC(C)(C)CC1(N)CC1. The predicted molar refractivity (Wildman–Crippen MR) is 40.2 cm³/mol. The Labute approximate surface area is 57.6 Å². The van der Waals surface area contributed by atoms with Crippen LogP contribution in [-0.2, 0) is 0 Å². The van der Waals surface area contributed by atoms with Crippen LogP contribution in [0.15, 0.2) is 0 Å². The number of hydrogen-bond donors (Lipinski definition) is 1. The first kappa shape index (κ1) is 7.07. The Hall–Kier alpha value is -0.0400. The highest BCUT2D eigenvalue weighted by Crippen LogP contribution is 2.41. The molecule has 0 aromatic rings. The standard InChI is InChI=1S/C8H17N/c1-7(2,3)6-8(9)4-5-8/h4-6,9H2,1-3H3. The molecule has 1 heteroatoms. The van der Waals surface area contributed by atoms with Crippen LogP contribution in [-0.4, -0.2) is 5.54 Å². The molecule has 0 aromatic carbocycles. The van der Waals surface area contributed by atoms with Crippen molar-refractivity contribution in [3.63, 3.8) is 0 Å². The molecule has 1 fully saturated rings. The zero-order valence-electron chi connectivity index (χ0n) is 6.70. The van der Waals surface area contributed by atoms with Crippen molar-refractivity contribution in [2.45, 2.75) is 45.6 Å². The highest BCUT2D eigenvalue weighted by molar-refractivity contribution is 5.00. The summed E-state index contributed by atoms with van der Waals surface area (Å²) in [6, 6.07) is 0. The molecule has 0 spiro atoms. The van der Waals surface area contributed by atoms with Gasteiger partial charge in [-0.1, -0.05) is 20.8 Å². The molecule has 0 atom stereocenters. The van der Waals surface area contributed by atoms with Crippen molar-refractivity contribution in [2.75, 3.05) is 0 Å². The van der Waals surface area contributed by atoms with Gasteiger partial charge in [-0.05, 0) is 24.7 Å². The molecule has 2 N–H and O–H groups in total. The molecule has 0 aromatic heterocycles. The summed E-state index contributed by atoms with van der Waals surface area (Å²) in [5.74, 6) is 0. The molecule has 1 saturated carbocycles. The Morgan fingerprint density at radius 2 is 1.78 bits per heavy atom. The van der Waals surface area contributed by atoms with E-state index in [0.717, 1.165) is 0 Å². The van der Waals surface area contributed by atoms with Gasteiger partial charge in [0.05, 0.1) is 0 Å². The van der Waals surface area contributed by atoms with E-state index in [1.807, 2.05) is 0 Å². The van der Waals surface area contributed by atoms with Gasteiger partial charge in [-0.3, -0.25) is 0 Å². The van der Waals surface area contributed by atoms with Crippen LogP contribution in [0.3, 0.4) is 0 Å². The first-order valence-corrected chi connectivity index (χ1v) is 3.70. The molecule has 54 valence electrons. The monoisotopic (exact) mass is 127 g/mol. The summed E-state index contributed by atoms with van der Waals surface area (Å²) in [5, 5.41) is 0. The largest absolute Gasteiger partial charge is 0.325 e. The number of rotatable bonds is 1. The first-order valence-electron chi connectivity index (χ1n) is 3.70. The first-order chi connectivity index (χ1) is 3.91. The molecule has 0 unspecified atom stereocenters. The van der Waals surface area contributed by atoms with Gasteiger partial charge in [0.25, 0.3) is 0 Å². The van der Waals surface area contributed by atoms with Gasteiger partial charge in [0, 0.05) is 5.54 Å². The van der Waals surface area contributed by atoms with Crippen molar-refractivity contribution in [3.05, 3.63) is 0 Å². The van der Waals surface area contributed by atoms with E-state index >= 15 is 0 Å². The fourth-order valence-corrected chi connectivity index (χ4v) is 1.39. The number of nitrogens with two attached hydrogens (primary N) is 1. The van der Waals surface area contributed by atoms with Crippen LogP contribution < -0.4 is 5.73 Å². The van der Waals surface area contributed by atoms with Gasteiger partial charge in [0.2, 0.25) is 0 Å². The molecule has 0 heterocycles. The third-order valence-electron chi connectivity index (χ3n) is 1.77. The average molecular weight is 127 g/mol. The normalized spacial score (nSPS) is 24.0. The Bertz CT molecular complexity index is 103. The quantitative estimate of drug-likeness (QED) is 0.572. The van der Waals surface area contributed by atoms with E-state index in [1.165, 1.54) is 19.3 Å². The van der Waals surface area contributed by atoms with Crippen LogP contribution >= 0.6 is 0 Å². The van der Waals surface area contributed by atoms with Crippen LogP contribution in [0.25, 0.3) is 0 Å². The maximum Gasteiger partial charge on any atom is 0.0160 e. The van der Waals surface area contributed by atoms with Crippen molar-refractivity contribution >= 4 is 0 Å². The second-order valence-electron chi connectivity index (χ2n) is 4.60. The van der Waals surface area contributed by atoms with E-state index in [-0.39, 0.29) is 5.54 Å². The van der Waals surface area contributed by atoms with Crippen LogP contribution in [0.1, 0.15) is 40.0 Å². The minimum atomic E-state index is 0.234. The Morgan fingerprint density at radius 1 is 1.33 bits per heavy atom. The maximum absolute atomic E-state index is 5.93. The van der Waals surface area contributed by atoms with Gasteiger partial charge in [-0.2, -0.15) is 0 Å². The molecule has 0 bridgehead atoms. The van der Waals surface area contributed by atoms with Gasteiger partial charge in [-0.25, -0.2) is 0 Å². The lowest BCUT2D eigenvalue weighted by Gasteiger charge is -2.22. The lowest BCUT2D eigenvalue weighted by Crippen LogP contribution is -2.27. The summed E-state index contributed by atoms with van der Waals surface area (Å²) in [5.41, 5.74) is 6.59. The van der Waals surface area contributed by atoms with E-state index in [1.54, 1.807) is 0 Å². The molecule has 1 aliphatic rings. The lowest BCUT2D eigenvalue weighted by atomic mass is 9.87. The third kappa shape index (κ3) is 2.35. The zero-order chi connectivity index (χ0) is 7.12. The second kappa shape index (κ2) is 1.72. The van der Waals surface area contributed by atoms with E-state index < -0.39 is 0 Å². The Morgan fingerprint density at radius 3 is 1.89 bits per heavy atom. The Kier molecular flexibility index (Phi) is 1.35. The molecular formula is C8H17N. The molecule has 1 rings (SSSR count). The van der Waals surface area contributed by atoms with Gasteiger partial charge < -0.3 is 5.73 Å². The average Bonchev–Trinajstić information content (AvgIpc) is 2.12. The lowest BCUT2D eigenvalue weighted by molar-refractivity contribution is 0.330. The van der Waals surface area contributed by atoms with Crippen molar-refractivity contribution in [3.8, 4) is 0 Å². The summed E-state index contributed by atoms with van der Waals surface area (Å²) in [6.45, 7) is 6.75. The fourth-order valence-electron chi connectivity index (χ4n) is 1.39. The molecule has 9 heavy (non-hydrogen) atoms. The van der Waals surface area contributed by atoms with E-state index in [2.05, 4.69) is 20.8 Å².